The van der Waals surface area contributed by atoms with E-state index in [4.69, 9.17) is 4.74 Å². The molecule has 3 heteroatoms. The first kappa shape index (κ1) is 11.9. The van der Waals surface area contributed by atoms with Gasteiger partial charge in [0.05, 0.1) is 0 Å². The molecule has 0 spiro atoms. The summed E-state index contributed by atoms with van der Waals surface area (Å²) >= 11 is 0. The topological polar surface area (TPSA) is 26.3 Å². The Morgan fingerprint density at radius 3 is 2.80 bits per heavy atom. The lowest BCUT2D eigenvalue weighted by Gasteiger charge is -2.14. The molecule has 0 aliphatic carbocycles. The minimum atomic E-state index is -0.638. The summed E-state index contributed by atoms with van der Waals surface area (Å²) < 4.78 is 18.3. The van der Waals surface area contributed by atoms with Gasteiger partial charge in [0.15, 0.2) is 5.78 Å². The first-order valence-corrected chi connectivity index (χ1v) is 5.02. The van der Waals surface area contributed by atoms with Gasteiger partial charge in [0.25, 0.3) is 0 Å². The van der Waals surface area contributed by atoms with Crippen LogP contribution in [0.25, 0.3) is 0 Å². The molecule has 0 radical (unpaired) electrons. The molecule has 0 aliphatic rings. The largest absolute Gasteiger partial charge is 0.366 e. The summed E-state index contributed by atoms with van der Waals surface area (Å²) in [5, 5.41) is 0. The first-order chi connectivity index (χ1) is 7.15. The zero-order chi connectivity index (χ0) is 11.3. The third-order valence-electron chi connectivity index (χ3n) is 2.01. The van der Waals surface area contributed by atoms with Crippen molar-refractivity contribution in [2.45, 2.75) is 26.4 Å². The van der Waals surface area contributed by atoms with E-state index in [2.05, 4.69) is 0 Å². The van der Waals surface area contributed by atoms with Crippen LogP contribution in [0.4, 0.5) is 4.39 Å². The number of benzene rings is 1. The monoisotopic (exact) mass is 210 g/mol. The van der Waals surface area contributed by atoms with E-state index in [9.17, 15) is 9.18 Å². The van der Waals surface area contributed by atoms with Gasteiger partial charge in [0.2, 0.25) is 0 Å². The van der Waals surface area contributed by atoms with E-state index in [1.807, 2.05) is 6.92 Å². The van der Waals surface area contributed by atoms with E-state index in [-0.39, 0.29) is 11.6 Å². The molecular formula is C12H15FO2. The molecule has 82 valence electrons. The molecule has 15 heavy (non-hydrogen) atoms. The molecule has 0 saturated heterocycles. The Kier molecular flexibility index (Phi) is 4.43. The van der Waals surface area contributed by atoms with Gasteiger partial charge in [-0.25, -0.2) is 4.39 Å². The fraction of sp³-hybridized carbons (Fsp3) is 0.417. The zero-order valence-electron chi connectivity index (χ0n) is 9.00. The molecule has 1 unspecified atom stereocenters. The summed E-state index contributed by atoms with van der Waals surface area (Å²) in [5.74, 6) is -0.451. The van der Waals surface area contributed by atoms with Gasteiger partial charge < -0.3 is 4.74 Å². The molecule has 0 saturated carbocycles. The number of carbonyl (C=O) groups is 1. The highest BCUT2D eigenvalue weighted by atomic mass is 19.1. The van der Waals surface area contributed by atoms with Crippen LogP contribution < -0.4 is 0 Å². The third-order valence-corrected chi connectivity index (χ3v) is 2.01. The Balaban J connectivity index is 2.84. The van der Waals surface area contributed by atoms with Crippen molar-refractivity contribution in [1.82, 2.24) is 0 Å². The van der Waals surface area contributed by atoms with Crippen molar-refractivity contribution in [3.05, 3.63) is 35.6 Å². The van der Waals surface area contributed by atoms with E-state index in [0.29, 0.717) is 12.2 Å². The molecule has 1 aromatic rings. The molecule has 0 aromatic heterocycles. The smallest absolute Gasteiger partial charge is 0.163 e. The molecule has 0 heterocycles. The summed E-state index contributed by atoms with van der Waals surface area (Å²) in [6, 6.07) is 5.96. The highest BCUT2D eigenvalue weighted by Gasteiger charge is 2.17. The molecule has 1 rings (SSSR count). The molecule has 0 N–H and O–H groups in total. The number of rotatable bonds is 5. The second-order valence-electron chi connectivity index (χ2n) is 3.42. The fourth-order valence-electron chi connectivity index (χ4n) is 1.35. The lowest BCUT2D eigenvalue weighted by Crippen LogP contribution is -2.13. The molecule has 0 amide bonds. The Labute approximate surface area is 89.1 Å². The van der Waals surface area contributed by atoms with Crippen molar-refractivity contribution in [2.24, 2.45) is 0 Å². The fourth-order valence-corrected chi connectivity index (χ4v) is 1.35. The van der Waals surface area contributed by atoms with Crippen LogP contribution in [0.1, 0.15) is 31.9 Å². The summed E-state index contributed by atoms with van der Waals surface area (Å²) in [6.45, 7) is 3.91. The molecular weight excluding hydrogens is 195 g/mol. The third kappa shape index (κ3) is 3.44. The minimum Gasteiger partial charge on any atom is -0.366 e. The Bertz CT molecular complexity index is 336. The van der Waals surface area contributed by atoms with Crippen molar-refractivity contribution < 1.29 is 13.9 Å². The number of hydrogen-bond acceptors (Lipinski definition) is 2. The SMILES string of the molecule is CCCOC(C(C)=O)c1cccc(F)c1. The van der Waals surface area contributed by atoms with Crippen molar-refractivity contribution in [1.29, 1.82) is 0 Å². The van der Waals surface area contributed by atoms with Gasteiger partial charge in [-0.05, 0) is 31.0 Å². The van der Waals surface area contributed by atoms with Crippen molar-refractivity contribution in [2.75, 3.05) is 6.61 Å². The van der Waals surface area contributed by atoms with Crippen LogP contribution in [-0.4, -0.2) is 12.4 Å². The van der Waals surface area contributed by atoms with Crippen molar-refractivity contribution in [3.63, 3.8) is 0 Å². The van der Waals surface area contributed by atoms with Crippen LogP contribution in [0.5, 0.6) is 0 Å². The number of carbonyl (C=O) groups excluding carboxylic acids is 1. The molecule has 0 fully saturated rings. The van der Waals surface area contributed by atoms with Gasteiger partial charge in [-0.2, -0.15) is 0 Å². The van der Waals surface area contributed by atoms with Crippen LogP contribution in [0, 0.1) is 5.82 Å². The normalized spacial score (nSPS) is 12.5. The van der Waals surface area contributed by atoms with Gasteiger partial charge in [0.1, 0.15) is 11.9 Å². The first-order valence-electron chi connectivity index (χ1n) is 5.02. The van der Waals surface area contributed by atoms with E-state index >= 15 is 0 Å². The average molecular weight is 210 g/mol. The lowest BCUT2D eigenvalue weighted by atomic mass is 10.1. The maximum atomic E-state index is 12.9. The highest BCUT2D eigenvalue weighted by Crippen LogP contribution is 2.19. The molecule has 1 aromatic carbocycles. The van der Waals surface area contributed by atoms with Gasteiger partial charge >= 0.3 is 0 Å². The maximum Gasteiger partial charge on any atom is 0.163 e. The number of Topliss-reactive ketones (excluding diaryl/α,β-unsaturated/α-hetero) is 1. The Morgan fingerprint density at radius 2 is 2.27 bits per heavy atom. The minimum absolute atomic E-state index is 0.103. The number of halogens is 1. The number of ether oxygens (including phenoxy) is 1. The van der Waals surface area contributed by atoms with Gasteiger partial charge in [-0.3, -0.25) is 4.79 Å². The summed E-state index contributed by atoms with van der Waals surface area (Å²) in [4.78, 5) is 11.3. The van der Waals surface area contributed by atoms with Gasteiger partial charge in [-0.1, -0.05) is 19.1 Å². The van der Waals surface area contributed by atoms with Gasteiger partial charge in [0, 0.05) is 6.61 Å². The van der Waals surface area contributed by atoms with E-state index < -0.39 is 6.10 Å². The van der Waals surface area contributed by atoms with Crippen molar-refractivity contribution in [3.8, 4) is 0 Å². The Morgan fingerprint density at radius 1 is 1.53 bits per heavy atom. The molecule has 1 atom stereocenters. The summed E-state index contributed by atoms with van der Waals surface area (Å²) in [5.41, 5.74) is 0.580. The van der Waals surface area contributed by atoms with Crippen LogP contribution in [-0.2, 0) is 9.53 Å². The second-order valence-corrected chi connectivity index (χ2v) is 3.42. The van der Waals surface area contributed by atoms with Crippen LogP contribution in [0.3, 0.4) is 0 Å². The summed E-state index contributed by atoms with van der Waals surface area (Å²) in [7, 11) is 0. The quantitative estimate of drug-likeness (QED) is 0.747. The molecule has 2 nitrogen and oxygen atoms in total. The average Bonchev–Trinajstić information content (AvgIpc) is 2.18. The number of ketones is 1. The standard InChI is InChI=1S/C12H15FO2/c1-3-7-15-12(9(2)14)10-5-4-6-11(13)8-10/h4-6,8,12H,3,7H2,1-2H3. The maximum absolute atomic E-state index is 12.9. The highest BCUT2D eigenvalue weighted by molar-refractivity contribution is 5.81. The molecule has 0 aliphatic heterocycles. The number of hydrogen-bond donors (Lipinski definition) is 0. The van der Waals surface area contributed by atoms with Crippen LogP contribution >= 0.6 is 0 Å². The van der Waals surface area contributed by atoms with Crippen LogP contribution in [0.2, 0.25) is 0 Å². The van der Waals surface area contributed by atoms with E-state index in [1.54, 1.807) is 12.1 Å². The molecule has 0 bridgehead atoms. The van der Waals surface area contributed by atoms with Gasteiger partial charge in [-0.15, -0.1) is 0 Å². The zero-order valence-corrected chi connectivity index (χ0v) is 9.00. The van der Waals surface area contributed by atoms with E-state index in [0.717, 1.165) is 6.42 Å². The van der Waals surface area contributed by atoms with Crippen molar-refractivity contribution >= 4 is 5.78 Å². The van der Waals surface area contributed by atoms with Crippen LogP contribution in [0.15, 0.2) is 24.3 Å². The predicted octanol–water partition coefficient (Wildman–Crippen LogP) is 2.88. The Hall–Kier alpha value is -1.22. The van der Waals surface area contributed by atoms with E-state index in [1.165, 1.54) is 19.1 Å². The second kappa shape index (κ2) is 5.61. The lowest BCUT2D eigenvalue weighted by molar-refractivity contribution is -0.128. The predicted molar refractivity (Wildman–Crippen MR) is 56.1 cm³/mol. The summed E-state index contributed by atoms with van der Waals surface area (Å²) in [6.07, 6.45) is 0.194.